The summed E-state index contributed by atoms with van der Waals surface area (Å²) < 4.78 is 10.1. The van der Waals surface area contributed by atoms with Crippen LogP contribution in [0, 0.1) is 6.92 Å². The van der Waals surface area contributed by atoms with Crippen LogP contribution in [0.4, 0.5) is 0 Å². The Labute approximate surface area is 117 Å². The molecule has 0 atom stereocenters. The fraction of sp³-hybridized carbons (Fsp3) is 0.250. The summed E-state index contributed by atoms with van der Waals surface area (Å²) in [6, 6.07) is 11.4. The van der Waals surface area contributed by atoms with Crippen LogP contribution in [0.15, 0.2) is 45.6 Å². The highest BCUT2D eigenvalue weighted by Crippen LogP contribution is 2.12. The second kappa shape index (κ2) is 6.19. The summed E-state index contributed by atoms with van der Waals surface area (Å²) in [4.78, 5) is 23.6. The first-order chi connectivity index (χ1) is 9.61. The van der Waals surface area contributed by atoms with Crippen molar-refractivity contribution in [2.75, 3.05) is 6.61 Å². The lowest BCUT2D eigenvalue weighted by molar-refractivity contribution is 0.0520. The van der Waals surface area contributed by atoms with Gasteiger partial charge in [-0.3, -0.25) is 0 Å². The molecule has 104 valence electrons. The lowest BCUT2D eigenvalue weighted by atomic mass is 10.1. The molecule has 0 saturated carbocycles. The lowest BCUT2D eigenvalue weighted by Crippen LogP contribution is -2.19. The summed E-state index contributed by atoms with van der Waals surface area (Å²) in [7, 11) is 0. The van der Waals surface area contributed by atoms with E-state index in [1.807, 2.05) is 30.3 Å². The summed E-state index contributed by atoms with van der Waals surface area (Å²) in [5, 5.41) is 0. The second-order valence-corrected chi connectivity index (χ2v) is 4.44. The second-order valence-electron chi connectivity index (χ2n) is 4.44. The van der Waals surface area contributed by atoms with Crippen LogP contribution < -0.4 is 5.63 Å². The van der Waals surface area contributed by atoms with Crippen molar-refractivity contribution in [3.8, 4) is 0 Å². The van der Waals surface area contributed by atoms with Gasteiger partial charge < -0.3 is 9.15 Å². The fourth-order valence-corrected chi connectivity index (χ4v) is 2.01. The minimum Gasteiger partial charge on any atom is -0.462 e. The van der Waals surface area contributed by atoms with Gasteiger partial charge in [-0.25, -0.2) is 9.59 Å². The Bertz CT molecular complexity index is 656. The first-order valence-electron chi connectivity index (χ1n) is 6.46. The Morgan fingerprint density at radius 1 is 1.25 bits per heavy atom. The molecule has 1 aromatic carbocycles. The molecule has 0 saturated heterocycles. The number of aryl methyl sites for hydroxylation is 1. The van der Waals surface area contributed by atoms with E-state index in [0.29, 0.717) is 17.7 Å². The first kappa shape index (κ1) is 14.1. The minimum absolute atomic E-state index is 0.0244. The van der Waals surface area contributed by atoms with Crippen molar-refractivity contribution in [1.29, 1.82) is 0 Å². The van der Waals surface area contributed by atoms with Gasteiger partial charge in [0.15, 0.2) is 0 Å². The molecule has 0 aliphatic carbocycles. The van der Waals surface area contributed by atoms with Gasteiger partial charge in [0.05, 0.1) is 6.61 Å². The Kier molecular flexibility index (Phi) is 4.35. The Morgan fingerprint density at radius 3 is 2.55 bits per heavy atom. The van der Waals surface area contributed by atoms with E-state index in [-0.39, 0.29) is 12.2 Å². The molecular formula is C16H16O4. The van der Waals surface area contributed by atoms with Crippen LogP contribution >= 0.6 is 0 Å². The third-order valence-electron chi connectivity index (χ3n) is 2.90. The van der Waals surface area contributed by atoms with Crippen molar-refractivity contribution in [3.05, 3.63) is 69.3 Å². The maximum atomic E-state index is 11.9. The predicted octanol–water partition coefficient (Wildman–Crippen LogP) is 2.72. The highest BCUT2D eigenvalue weighted by atomic mass is 16.5. The molecular weight excluding hydrogens is 256 g/mol. The number of hydrogen-bond acceptors (Lipinski definition) is 4. The molecule has 4 nitrogen and oxygen atoms in total. The SMILES string of the molecule is CCOC(=O)c1c(C)cc(Cc2ccccc2)oc1=O. The molecule has 0 spiro atoms. The van der Waals surface area contributed by atoms with Crippen LogP contribution in [0.25, 0.3) is 0 Å². The zero-order chi connectivity index (χ0) is 14.5. The minimum atomic E-state index is -0.644. The highest BCUT2D eigenvalue weighted by Gasteiger charge is 2.17. The number of benzene rings is 1. The van der Waals surface area contributed by atoms with E-state index in [2.05, 4.69) is 0 Å². The zero-order valence-corrected chi connectivity index (χ0v) is 11.5. The van der Waals surface area contributed by atoms with E-state index in [9.17, 15) is 9.59 Å². The van der Waals surface area contributed by atoms with E-state index in [1.165, 1.54) is 0 Å². The van der Waals surface area contributed by atoms with Gasteiger partial charge in [0.1, 0.15) is 11.3 Å². The maximum absolute atomic E-state index is 11.9. The van der Waals surface area contributed by atoms with E-state index < -0.39 is 11.6 Å². The van der Waals surface area contributed by atoms with Crippen LogP contribution in [0.3, 0.4) is 0 Å². The smallest absolute Gasteiger partial charge is 0.350 e. The summed E-state index contributed by atoms with van der Waals surface area (Å²) >= 11 is 0. The van der Waals surface area contributed by atoms with E-state index in [0.717, 1.165) is 5.56 Å². The molecule has 0 aliphatic rings. The van der Waals surface area contributed by atoms with Gasteiger partial charge in [0.25, 0.3) is 0 Å². The maximum Gasteiger partial charge on any atom is 0.350 e. The molecule has 2 aromatic rings. The van der Waals surface area contributed by atoms with Gasteiger partial charge in [0.2, 0.25) is 0 Å². The van der Waals surface area contributed by atoms with E-state index in [4.69, 9.17) is 9.15 Å². The van der Waals surface area contributed by atoms with Gasteiger partial charge in [-0.15, -0.1) is 0 Å². The Hall–Kier alpha value is -2.36. The number of carbonyl (C=O) groups excluding carboxylic acids is 1. The number of hydrogen-bond donors (Lipinski definition) is 0. The summed E-state index contributed by atoms with van der Waals surface area (Å²) in [5.74, 6) is -0.100. The number of ether oxygens (including phenoxy) is 1. The van der Waals surface area contributed by atoms with Crippen LogP contribution in [-0.4, -0.2) is 12.6 Å². The fourth-order valence-electron chi connectivity index (χ4n) is 2.01. The third-order valence-corrected chi connectivity index (χ3v) is 2.90. The topological polar surface area (TPSA) is 56.5 Å². The lowest BCUT2D eigenvalue weighted by Gasteiger charge is -2.06. The van der Waals surface area contributed by atoms with Crippen molar-refractivity contribution >= 4 is 5.97 Å². The van der Waals surface area contributed by atoms with Crippen molar-refractivity contribution in [2.24, 2.45) is 0 Å². The molecule has 1 aromatic heterocycles. The number of rotatable bonds is 4. The predicted molar refractivity (Wildman–Crippen MR) is 74.9 cm³/mol. The first-order valence-corrected chi connectivity index (χ1v) is 6.46. The average molecular weight is 272 g/mol. The molecule has 0 fully saturated rings. The van der Waals surface area contributed by atoms with Gasteiger partial charge in [-0.05, 0) is 31.0 Å². The third kappa shape index (κ3) is 3.15. The van der Waals surface area contributed by atoms with Crippen molar-refractivity contribution < 1.29 is 13.9 Å². The van der Waals surface area contributed by atoms with Gasteiger partial charge >= 0.3 is 11.6 Å². The molecule has 0 bridgehead atoms. The van der Waals surface area contributed by atoms with Crippen LogP contribution in [0.5, 0.6) is 0 Å². The van der Waals surface area contributed by atoms with E-state index >= 15 is 0 Å². The summed E-state index contributed by atoms with van der Waals surface area (Å²) in [6.45, 7) is 3.62. The summed E-state index contributed by atoms with van der Waals surface area (Å²) in [6.07, 6.45) is 0.514. The van der Waals surface area contributed by atoms with Crippen LogP contribution in [0.1, 0.15) is 34.2 Å². The average Bonchev–Trinajstić information content (AvgIpc) is 2.39. The molecule has 2 rings (SSSR count). The van der Waals surface area contributed by atoms with Crippen LogP contribution in [-0.2, 0) is 11.2 Å². The van der Waals surface area contributed by atoms with Gasteiger partial charge in [-0.2, -0.15) is 0 Å². The molecule has 20 heavy (non-hydrogen) atoms. The normalized spacial score (nSPS) is 10.3. The van der Waals surface area contributed by atoms with Gasteiger partial charge in [-0.1, -0.05) is 30.3 Å². The monoisotopic (exact) mass is 272 g/mol. The molecule has 0 amide bonds. The highest BCUT2D eigenvalue weighted by molar-refractivity contribution is 5.90. The summed E-state index contributed by atoms with van der Waals surface area (Å²) in [5.41, 5.74) is 0.947. The molecule has 0 unspecified atom stereocenters. The Balaban J connectivity index is 2.31. The molecule has 0 N–H and O–H groups in total. The van der Waals surface area contributed by atoms with Crippen molar-refractivity contribution in [3.63, 3.8) is 0 Å². The van der Waals surface area contributed by atoms with Crippen LogP contribution in [0.2, 0.25) is 0 Å². The van der Waals surface area contributed by atoms with Gasteiger partial charge in [0, 0.05) is 6.42 Å². The Morgan fingerprint density at radius 2 is 1.95 bits per heavy atom. The molecule has 0 aliphatic heterocycles. The number of esters is 1. The quantitative estimate of drug-likeness (QED) is 0.803. The van der Waals surface area contributed by atoms with E-state index in [1.54, 1.807) is 19.9 Å². The van der Waals surface area contributed by atoms with Crippen molar-refractivity contribution in [1.82, 2.24) is 0 Å². The molecule has 1 heterocycles. The zero-order valence-electron chi connectivity index (χ0n) is 11.5. The van der Waals surface area contributed by atoms with Crippen molar-refractivity contribution in [2.45, 2.75) is 20.3 Å². The largest absolute Gasteiger partial charge is 0.462 e. The molecule has 0 radical (unpaired) electrons. The number of carbonyl (C=O) groups is 1. The molecule has 4 heteroatoms. The standard InChI is InChI=1S/C16H16O4/c1-3-19-15(17)14-11(2)9-13(20-16(14)18)10-12-7-5-4-6-8-12/h4-9H,3,10H2,1-2H3.